The van der Waals surface area contributed by atoms with Crippen LogP contribution in [0, 0.1) is 11.3 Å². The Morgan fingerprint density at radius 1 is 1.43 bits per heavy atom. The van der Waals surface area contributed by atoms with Crippen molar-refractivity contribution in [3.63, 3.8) is 0 Å². The van der Waals surface area contributed by atoms with Crippen LogP contribution in [-0.4, -0.2) is 68.3 Å². The van der Waals surface area contributed by atoms with Crippen LogP contribution in [-0.2, 0) is 9.53 Å². The molecule has 0 N–H and O–H groups in total. The molecule has 6 nitrogen and oxygen atoms in total. The number of rotatable bonds is 6. The molecule has 124 valence electrons. The molecular formula is C17H23N3O3. The molecule has 1 aromatic rings. The minimum absolute atomic E-state index is 0.0917. The Hall–Kier alpha value is -2.10. The van der Waals surface area contributed by atoms with Gasteiger partial charge in [-0.25, -0.2) is 0 Å². The average molecular weight is 317 g/mol. The molecule has 0 aromatic heterocycles. The van der Waals surface area contributed by atoms with E-state index in [-0.39, 0.29) is 5.91 Å². The number of carbonyl (C=O) groups excluding carboxylic acids is 1. The number of amides is 1. The van der Waals surface area contributed by atoms with Gasteiger partial charge >= 0.3 is 0 Å². The Morgan fingerprint density at radius 3 is 2.83 bits per heavy atom. The summed E-state index contributed by atoms with van der Waals surface area (Å²) in [6.45, 7) is 6.50. The van der Waals surface area contributed by atoms with E-state index in [0.717, 1.165) is 32.8 Å². The van der Waals surface area contributed by atoms with Gasteiger partial charge in [0.1, 0.15) is 11.8 Å². The Morgan fingerprint density at radius 2 is 2.13 bits per heavy atom. The van der Waals surface area contributed by atoms with Crippen LogP contribution in [0.15, 0.2) is 24.3 Å². The number of morpholine rings is 1. The minimum atomic E-state index is -0.626. The van der Waals surface area contributed by atoms with Crippen LogP contribution in [0.1, 0.15) is 12.5 Å². The van der Waals surface area contributed by atoms with Crippen molar-refractivity contribution in [2.24, 2.45) is 0 Å². The van der Waals surface area contributed by atoms with Crippen LogP contribution >= 0.6 is 0 Å². The fraction of sp³-hybridized carbons (Fsp3) is 0.529. The van der Waals surface area contributed by atoms with Crippen LogP contribution in [0.4, 0.5) is 0 Å². The molecule has 0 radical (unpaired) electrons. The van der Waals surface area contributed by atoms with Gasteiger partial charge in [-0.3, -0.25) is 9.69 Å². The number of nitrogens with zero attached hydrogens (tertiary/aromatic N) is 3. The van der Waals surface area contributed by atoms with Crippen molar-refractivity contribution >= 4 is 5.91 Å². The van der Waals surface area contributed by atoms with Gasteiger partial charge in [0.25, 0.3) is 5.91 Å². The smallest absolute Gasteiger partial charge is 0.263 e. The second kappa shape index (κ2) is 8.51. The van der Waals surface area contributed by atoms with Gasteiger partial charge in [-0.15, -0.1) is 0 Å². The number of hydrogen-bond donors (Lipinski definition) is 0. The molecule has 1 unspecified atom stereocenters. The zero-order chi connectivity index (χ0) is 16.7. The van der Waals surface area contributed by atoms with E-state index in [1.54, 1.807) is 43.1 Å². The highest BCUT2D eigenvalue weighted by Gasteiger charge is 2.21. The van der Waals surface area contributed by atoms with E-state index < -0.39 is 6.10 Å². The van der Waals surface area contributed by atoms with Crippen LogP contribution in [0.5, 0.6) is 5.75 Å². The number of hydrogen-bond acceptors (Lipinski definition) is 5. The number of ether oxygens (including phenoxy) is 2. The van der Waals surface area contributed by atoms with E-state index in [1.807, 2.05) is 0 Å². The van der Waals surface area contributed by atoms with Gasteiger partial charge in [0.15, 0.2) is 6.10 Å². The Balaban J connectivity index is 1.84. The summed E-state index contributed by atoms with van der Waals surface area (Å²) in [5.41, 5.74) is 0.433. The van der Waals surface area contributed by atoms with E-state index in [9.17, 15) is 4.79 Å². The van der Waals surface area contributed by atoms with E-state index in [1.165, 1.54) is 0 Å². The van der Waals surface area contributed by atoms with Crippen LogP contribution in [0.3, 0.4) is 0 Å². The highest BCUT2D eigenvalue weighted by atomic mass is 16.5. The maximum Gasteiger partial charge on any atom is 0.263 e. The third-order valence-electron chi connectivity index (χ3n) is 3.89. The molecule has 0 saturated carbocycles. The summed E-state index contributed by atoms with van der Waals surface area (Å²) < 4.78 is 11.0. The molecule has 1 heterocycles. The van der Waals surface area contributed by atoms with Crippen molar-refractivity contribution in [1.82, 2.24) is 9.80 Å². The first-order chi connectivity index (χ1) is 11.1. The van der Waals surface area contributed by atoms with E-state index in [0.29, 0.717) is 17.9 Å². The van der Waals surface area contributed by atoms with Crippen molar-refractivity contribution in [3.05, 3.63) is 29.8 Å². The summed E-state index contributed by atoms with van der Waals surface area (Å²) in [7, 11) is 1.78. The van der Waals surface area contributed by atoms with Crippen molar-refractivity contribution in [3.8, 4) is 11.8 Å². The first-order valence-electron chi connectivity index (χ1n) is 7.82. The Labute approximate surface area is 137 Å². The minimum Gasteiger partial charge on any atom is -0.480 e. The van der Waals surface area contributed by atoms with Gasteiger partial charge in [0.05, 0.1) is 18.8 Å². The third-order valence-corrected chi connectivity index (χ3v) is 3.89. The zero-order valence-electron chi connectivity index (χ0n) is 13.7. The molecule has 6 heteroatoms. The third kappa shape index (κ3) is 4.95. The summed E-state index contributed by atoms with van der Waals surface area (Å²) in [5, 5.41) is 9.07. The van der Waals surface area contributed by atoms with Gasteiger partial charge in [-0.2, -0.15) is 5.26 Å². The number of nitriles is 1. The predicted octanol–water partition coefficient (Wildman–Crippen LogP) is 1.12. The summed E-state index contributed by atoms with van der Waals surface area (Å²) in [6, 6.07) is 9.01. The number of benzene rings is 1. The number of para-hydroxylation sites is 1. The van der Waals surface area contributed by atoms with E-state index >= 15 is 0 Å². The second-order valence-corrected chi connectivity index (χ2v) is 5.58. The Bertz CT molecular complexity index is 564. The lowest BCUT2D eigenvalue weighted by atomic mass is 10.2. The highest BCUT2D eigenvalue weighted by Crippen LogP contribution is 2.18. The number of carbonyl (C=O) groups is 1. The number of likely N-dealkylation sites (N-methyl/N-ethyl adjacent to an activating group) is 1. The standard InChI is InChI=1S/C17H23N3O3/c1-14(23-16-6-4-3-5-15(16)13-18)17(21)19(2)7-8-20-9-11-22-12-10-20/h3-6,14H,7-12H2,1-2H3. The lowest BCUT2D eigenvalue weighted by Crippen LogP contribution is -2.44. The molecular weight excluding hydrogens is 294 g/mol. The van der Waals surface area contributed by atoms with Crippen molar-refractivity contribution in [2.75, 3.05) is 46.4 Å². The van der Waals surface area contributed by atoms with Crippen molar-refractivity contribution in [2.45, 2.75) is 13.0 Å². The summed E-state index contributed by atoms with van der Waals surface area (Å²) in [4.78, 5) is 16.4. The molecule has 1 aliphatic rings. The van der Waals surface area contributed by atoms with Crippen LogP contribution in [0.25, 0.3) is 0 Å². The largest absolute Gasteiger partial charge is 0.480 e. The molecule has 0 aliphatic carbocycles. The first kappa shape index (κ1) is 17.3. The summed E-state index contributed by atoms with van der Waals surface area (Å²) in [5.74, 6) is 0.350. The van der Waals surface area contributed by atoms with Gasteiger partial charge in [-0.05, 0) is 19.1 Å². The van der Waals surface area contributed by atoms with Gasteiger partial charge in [-0.1, -0.05) is 12.1 Å². The molecule has 1 fully saturated rings. The molecule has 0 spiro atoms. The van der Waals surface area contributed by atoms with E-state index in [2.05, 4.69) is 11.0 Å². The maximum absolute atomic E-state index is 12.4. The van der Waals surface area contributed by atoms with Crippen molar-refractivity contribution in [1.29, 1.82) is 5.26 Å². The predicted molar refractivity (Wildman–Crippen MR) is 86.1 cm³/mol. The second-order valence-electron chi connectivity index (χ2n) is 5.58. The van der Waals surface area contributed by atoms with Gasteiger partial charge in [0, 0.05) is 33.2 Å². The fourth-order valence-corrected chi connectivity index (χ4v) is 2.44. The van der Waals surface area contributed by atoms with E-state index in [4.69, 9.17) is 14.7 Å². The molecule has 1 aromatic carbocycles. The summed E-state index contributed by atoms with van der Waals surface area (Å²) >= 11 is 0. The highest BCUT2D eigenvalue weighted by molar-refractivity contribution is 5.80. The summed E-state index contributed by atoms with van der Waals surface area (Å²) in [6.07, 6.45) is -0.626. The molecule has 23 heavy (non-hydrogen) atoms. The fourth-order valence-electron chi connectivity index (χ4n) is 2.44. The first-order valence-corrected chi connectivity index (χ1v) is 7.82. The molecule has 1 amide bonds. The lowest BCUT2D eigenvalue weighted by molar-refractivity contribution is -0.136. The molecule has 1 saturated heterocycles. The average Bonchev–Trinajstić information content (AvgIpc) is 2.60. The zero-order valence-corrected chi connectivity index (χ0v) is 13.7. The van der Waals surface area contributed by atoms with Crippen LogP contribution in [0.2, 0.25) is 0 Å². The molecule has 1 aliphatic heterocycles. The van der Waals surface area contributed by atoms with Gasteiger partial charge in [0.2, 0.25) is 0 Å². The normalized spacial score (nSPS) is 16.4. The monoisotopic (exact) mass is 317 g/mol. The van der Waals surface area contributed by atoms with Crippen molar-refractivity contribution < 1.29 is 14.3 Å². The van der Waals surface area contributed by atoms with Gasteiger partial charge < -0.3 is 14.4 Å². The SMILES string of the molecule is CC(Oc1ccccc1C#N)C(=O)N(C)CCN1CCOCC1. The molecule has 2 rings (SSSR count). The molecule has 0 bridgehead atoms. The maximum atomic E-state index is 12.4. The molecule has 1 atom stereocenters. The Kier molecular flexibility index (Phi) is 6.39. The topological polar surface area (TPSA) is 65.8 Å². The van der Waals surface area contributed by atoms with Crippen LogP contribution < -0.4 is 4.74 Å². The lowest BCUT2D eigenvalue weighted by Gasteiger charge is -2.29. The quantitative estimate of drug-likeness (QED) is 0.786.